The van der Waals surface area contributed by atoms with E-state index in [4.69, 9.17) is 5.73 Å². The first-order valence-electron chi connectivity index (χ1n) is 6.71. The molecular weight excluding hydrogens is 246 g/mol. The molecule has 1 atom stereocenters. The Balaban J connectivity index is 1.97. The predicted octanol–water partition coefficient (Wildman–Crippen LogP) is 2.34. The molecule has 0 fully saturated rings. The highest BCUT2D eigenvalue weighted by atomic mass is 32.1. The molecule has 18 heavy (non-hydrogen) atoms. The molecule has 0 aromatic carbocycles. The van der Waals surface area contributed by atoms with Crippen molar-refractivity contribution in [2.45, 2.75) is 45.4 Å². The second-order valence-electron chi connectivity index (χ2n) is 4.89. The number of amides is 1. The zero-order valence-corrected chi connectivity index (χ0v) is 11.7. The van der Waals surface area contributed by atoms with E-state index in [0.717, 1.165) is 18.8 Å². The number of aromatic nitrogens is 1. The van der Waals surface area contributed by atoms with Gasteiger partial charge in [-0.05, 0) is 25.2 Å². The zero-order valence-electron chi connectivity index (χ0n) is 10.9. The third kappa shape index (κ3) is 3.29. The standard InChI is InChI=1S/C13H21N3OS/c1-2-3-4-9-5-6-10-11(7-9)18-13(15-10)16-12(17)8-14/h9H,2-8,14H2,1H3,(H,15,16,17)/t9-/m0/s1. The fourth-order valence-corrected chi connectivity index (χ4v) is 3.54. The summed E-state index contributed by atoms with van der Waals surface area (Å²) >= 11 is 1.62. The number of anilines is 1. The topological polar surface area (TPSA) is 68.0 Å². The molecule has 1 aromatic heterocycles. The first kappa shape index (κ1) is 13.5. The van der Waals surface area contributed by atoms with Gasteiger partial charge < -0.3 is 11.1 Å². The summed E-state index contributed by atoms with van der Waals surface area (Å²) in [5.41, 5.74) is 6.46. The number of carbonyl (C=O) groups is 1. The summed E-state index contributed by atoms with van der Waals surface area (Å²) in [7, 11) is 0. The van der Waals surface area contributed by atoms with Gasteiger partial charge in [-0.3, -0.25) is 4.79 Å². The number of hydrogen-bond acceptors (Lipinski definition) is 4. The summed E-state index contributed by atoms with van der Waals surface area (Å²) in [4.78, 5) is 17.1. The fourth-order valence-electron chi connectivity index (χ4n) is 2.41. The Morgan fingerprint density at radius 2 is 2.44 bits per heavy atom. The maximum atomic E-state index is 11.2. The van der Waals surface area contributed by atoms with Crippen LogP contribution in [0.5, 0.6) is 0 Å². The van der Waals surface area contributed by atoms with E-state index in [0.29, 0.717) is 5.13 Å². The van der Waals surface area contributed by atoms with Gasteiger partial charge in [0, 0.05) is 4.88 Å². The Morgan fingerprint density at radius 3 is 3.17 bits per heavy atom. The van der Waals surface area contributed by atoms with E-state index in [1.807, 2.05) is 0 Å². The van der Waals surface area contributed by atoms with E-state index in [1.54, 1.807) is 11.3 Å². The number of nitrogens with zero attached hydrogens (tertiary/aromatic N) is 1. The lowest BCUT2D eigenvalue weighted by Crippen LogP contribution is -2.21. The predicted molar refractivity (Wildman–Crippen MR) is 74.8 cm³/mol. The molecule has 1 aliphatic carbocycles. The molecule has 0 spiro atoms. The third-order valence-corrected chi connectivity index (χ3v) is 4.47. The smallest absolute Gasteiger partial charge is 0.239 e. The van der Waals surface area contributed by atoms with Crippen LogP contribution < -0.4 is 11.1 Å². The molecule has 1 heterocycles. The molecule has 100 valence electrons. The summed E-state index contributed by atoms with van der Waals surface area (Å²) in [6, 6.07) is 0. The minimum absolute atomic E-state index is 0.0172. The molecule has 0 bridgehead atoms. The van der Waals surface area contributed by atoms with Crippen LogP contribution >= 0.6 is 11.3 Å². The van der Waals surface area contributed by atoms with Crippen molar-refractivity contribution >= 4 is 22.4 Å². The number of unbranched alkanes of at least 4 members (excludes halogenated alkanes) is 1. The summed E-state index contributed by atoms with van der Waals surface area (Å²) in [5.74, 6) is 0.639. The summed E-state index contributed by atoms with van der Waals surface area (Å²) in [6.45, 7) is 2.25. The van der Waals surface area contributed by atoms with Gasteiger partial charge in [0.15, 0.2) is 5.13 Å². The number of nitrogens with two attached hydrogens (primary N) is 1. The first-order chi connectivity index (χ1) is 8.72. The van der Waals surface area contributed by atoms with Crippen molar-refractivity contribution in [3.63, 3.8) is 0 Å². The number of carbonyl (C=O) groups excluding carboxylic acids is 1. The van der Waals surface area contributed by atoms with Gasteiger partial charge in [0.1, 0.15) is 0 Å². The maximum absolute atomic E-state index is 11.2. The monoisotopic (exact) mass is 267 g/mol. The molecule has 0 saturated heterocycles. The Labute approximate surface area is 112 Å². The van der Waals surface area contributed by atoms with Crippen molar-refractivity contribution in [1.82, 2.24) is 4.98 Å². The van der Waals surface area contributed by atoms with Crippen molar-refractivity contribution in [3.05, 3.63) is 10.6 Å². The van der Waals surface area contributed by atoms with Gasteiger partial charge in [-0.15, -0.1) is 11.3 Å². The quantitative estimate of drug-likeness (QED) is 0.860. The van der Waals surface area contributed by atoms with Crippen LogP contribution in [0.15, 0.2) is 0 Å². The lowest BCUT2D eigenvalue weighted by molar-refractivity contribution is -0.114. The van der Waals surface area contributed by atoms with Crippen LogP contribution in [0.4, 0.5) is 5.13 Å². The van der Waals surface area contributed by atoms with Crippen molar-refractivity contribution < 1.29 is 4.79 Å². The van der Waals surface area contributed by atoms with Gasteiger partial charge in [0.2, 0.25) is 5.91 Å². The highest BCUT2D eigenvalue weighted by Crippen LogP contribution is 2.34. The Hall–Kier alpha value is -0.940. The van der Waals surface area contributed by atoms with E-state index in [1.165, 1.54) is 36.3 Å². The summed E-state index contributed by atoms with van der Waals surface area (Å²) in [5, 5.41) is 3.46. The normalized spacial score (nSPS) is 18.4. The van der Waals surface area contributed by atoms with Crippen molar-refractivity contribution in [2.75, 3.05) is 11.9 Å². The minimum Gasteiger partial charge on any atom is -0.322 e. The number of hydrogen-bond donors (Lipinski definition) is 2. The summed E-state index contributed by atoms with van der Waals surface area (Å²) in [6.07, 6.45) is 7.32. The molecule has 3 N–H and O–H groups in total. The average molecular weight is 267 g/mol. The van der Waals surface area contributed by atoms with Crippen molar-refractivity contribution in [2.24, 2.45) is 11.7 Å². The Morgan fingerprint density at radius 1 is 1.61 bits per heavy atom. The first-order valence-corrected chi connectivity index (χ1v) is 7.53. The van der Waals surface area contributed by atoms with E-state index in [-0.39, 0.29) is 12.5 Å². The van der Waals surface area contributed by atoms with Crippen LogP contribution in [0, 0.1) is 5.92 Å². The van der Waals surface area contributed by atoms with Crippen LogP contribution in [0.2, 0.25) is 0 Å². The van der Waals surface area contributed by atoms with Gasteiger partial charge in [-0.1, -0.05) is 26.2 Å². The molecule has 1 aromatic rings. The van der Waals surface area contributed by atoms with Gasteiger partial charge in [-0.25, -0.2) is 4.98 Å². The molecule has 0 unspecified atom stereocenters. The lowest BCUT2D eigenvalue weighted by atomic mass is 9.87. The van der Waals surface area contributed by atoms with E-state index in [2.05, 4.69) is 17.2 Å². The number of thiazole rings is 1. The largest absolute Gasteiger partial charge is 0.322 e. The van der Waals surface area contributed by atoms with Crippen LogP contribution in [-0.2, 0) is 17.6 Å². The van der Waals surface area contributed by atoms with Gasteiger partial charge in [0.25, 0.3) is 0 Å². The molecule has 2 rings (SSSR count). The van der Waals surface area contributed by atoms with Crippen LogP contribution in [0.3, 0.4) is 0 Å². The van der Waals surface area contributed by atoms with Gasteiger partial charge in [0.05, 0.1) is 12.2 Å². The third-order valence-electron chi connectivity index (χ3n) is 3.44. The van der Waals surface area contributed by atoms with Crippen LogP contribution in [-0.4, -0.2) is 17.4 Å². The second-order valence-corrected chi connectivity index (χ2v) is 5.98. The summed E-state index contributed by atoms with van der Waals surface area (Å²) < 4.78 is 0. The minimum atomic E-state index is -0.163. The molecule has 0 aliphatic heterocycles. The molecule has 1 amide bonds. The maximum Gasteiger partial charge on any atom is 0.239 e. The number of aryl methyl sites for hydroxylation is 1. The Kier molecular flexibility index (Phi) is 4.72. The average Bonchev–Trinajstić information content (AvgIpc) is 2.77. The number of rotatable bonds is 5. The Bertz CT molecular complexity index is 416. The van der Waals surface area contributed by atoms with E-state index >= 15 is 0 Å². The van der Waals surface area contributed by atoms with Crippen molar-refractivity contribution in [1.29, 1.82) is 0 Å². The van der Waals surface area contributed by atoms with Gasteiger partial charge >= 0.3 is 0 Å². The fraction of sp³-hybridized carbons (Fsp3) is 0.692. The number of fused-ring (bicyclic) bond motifs is 1. The van der Waals surface area contributed by atoms with Crippen molar-refractivity contribution in [3.8, 4) is 0 Å². The molecule has 5 heteroatoms. The lowest BCUT2D eigenvalue weighted by Gasteiger charge is -2.20. The van der Waals surface area contributed by atoms with E-state index < -0.39 is 0 Å². The molecule has 0 radical (unpaired) electrons. The second kappa shape index (κ2) is 6.29. The van der Waals surface area contributed by atoms with Crippen LogP contribution in [0.1, 0.15) is 43.2 Å². The highest BCUT2D eigenvalue weighted by molar-refractivity contribution is 7.15. The molecule has 1 aliphatic rings. The molecular formula is C13H21N3OS. The van der Waals surface area contributed by atoms with Crippen LogP contribution in [0.25, 0.3) is 0 Å². The zero-order chi connectivity index (χ0) is 13.0. The SMILES string of the molecule is CCCC[C@H]1CCc2nc(NC(=O)CN)sc2C1. The van der Waals surface area contributed by atoms with Gasteiger partial charge in [-0.2, -0.15) is 0 Å². The number of nitrogens with one attached hydrogen (secondary N) is 1. The highest BCUT2D eigenvalue weighted by Gasteiger charge is 2.22. The van der Waals surface area contributed by atoms with E-state index in [9.17, 15) is 4.79 Å². The molecule has 4 nitrogen and oxygen atoms in total. The molecule has 0 saturated carbocycles.